The van der Waals surface area contributed by atoms with Crippen molar-refractivity contribution < 1.29 is 9.18 Å². The number of carbonyl (C=O) groups is 1. The number of fused-ring (bicyclic) bond motifs is 1. The molecule has 4 rings (SSSR count). The molecule has 1 aliphatic heterocycles. The van der Waals surface area contributed by atoms with Crippen LogP contribution < -0.4 is 5.56 Å². The van der Waals surface area contributed by atoms with E-state index in [-0.39, 0.29) is 28.9 Å². The highest BCUT2D eigenvalue weighted by atomic mass is 32.2. The molecule has 0 bridgehead atoms. The van der Waals surface area contributed by atoms with Gasteiger partial charge in [-0.15, -0.1) is 11.3 Å². The standard InChI is InChI=1S/C21H22FN3O2S2/c1-2-14-7-5-6-11-24(14)18(26)13-29-21-23-16-10-12-28-19(16)20(27)25(21)17-9-4-3-8-15(17)22/h3-4,8-10,12,14H,2,5-7,11,13H2,1H3/t14-/m1/s1. The van der Waals surface area contributed by atoms with Gasteiger partial charge in [-0.2, -0.15) is 0 Å². The first kappa shape index (κ1) is 20.1. The molecule has 1 atom stereocenters. The number of piperidine rings is 1. The topological polar surface area (TPSA) is 55.2 Å². The maximum Gasteiger partial charge on any atom is 0.276 e. The molecule has 5 nitrogen and oxygen atoms in total. The summed E-state index contributed by atoms with van der Waals surface area (Å²) in [4.78, 5) is 32.5. The Hall–Kier alpha value is -2.19. The molecule has 0 spiro atoms. The fourth-order valence-electron chi connectivity index (χ4n) is 3.80. The van der Waals surface area contributed by atoms with Gasteiger partial charge in [0.05, 0.1) is 17.0 Å². The molecule has 152 valence electrons. The summed E-state index contributed by atoms with van der Waals surface area (Å²) in [6, 6.07) is 8.19. The molecule has 1 amide bonds. The highest BCUT2D eigenvalue weighted by molar-refractivity contribution is 7.99. The number of thioether (sulfide) groups is 1. The molecule has 8 heteroatoms. The number of likely N-dealkylation sites (tertiary alicyclic amines) is 1. The van der Waals surface area contributed by atoms with E-state index in [1.165, 1.54) is 33.7 Å². The Balaban J connectivity index is 1.68. The molecule has 1 saturated heterocycles. The first-order valence-corrected chi connectivity index (χ1v) is 11.6. The van der Waals surface area contributed by atoms with Crippen LogP contribution in [0.3, 0.4) is 0 Å². The molecule has 0 N–H and O–H groups in total. The average molecular weight is 432 g/mol. The van der Waals surface area contributed by atoms with Gasteiger partial charge in [0.15, 0.2) is 5.16 Å². The summed E-state index contributed by atoms with van der Waals surface area (Å²) in [5.41, 5.74) is 0.418. The van der Waals surface area contributed by atoms with Crippen molar-refractivity contribution in [1.82, 2.24) is 14.5 Å². The van der Waals surface area contributed by atoms with Crippen molar-refractivity contribution in [2.45, 2.75) is 43.8 Å². The molecular formula is C21H22FN3O2S2. The Kier molecular flexibility index (Phi) is 6.01. The number of amides is 1. The summed E-state index contributed by atoms with van der Waals surface area (Å²) < 4.78 is 16.2. The fraction of sp³-hybridized carbons (Fsp3) is 0.381. The van der Waals surface area contributed by atoms with E-state index in [2.05, 4.69) is 11.9 Å². The van der Waals surface area contributed by atoms with E-state index < -0.39 is 5.82 Å². The second kappa shape index (κ2) is 8.67. The maximum atomic E-state index is 14.5. The normalized spacial score (nSPS) is 17.0. The molecule has 29 heavy (non-hydrogen) atoms. The Morgan fingerprint density at radius 3 is 2.93 bits per heavy atom. The van der Waals surface area contributed by atoms with E-state index in [0.29, 0.717) is 15.4 Å². The zero-order chi connectivity index (χ0) is 20.4. The van der Waals surface area contributed by atoms with Gasteiger partial charge in [0, 0.05) is 12.6 Å². The molecule has 0 radical (unpaired) electrons. The fourth-order valence-corrected chi connectivity index (χ4v) is 5.45. The number of hydrogen-bond donors (Lipinski definition) is 0. The Labute approximate surface area is 176 Å². The van der Waals surface area contributed by atoms with Gasteiger partial charge in [-0.1, -0.05) is 30.8 Å². The average Bonchev–Trinajstić information content (AvgIpc) is 3.22. The second-order valence-corrected chi connectivity index (χ2v) is 8.91. The highest BCUT2D eigenvalue weighted by Gasteiger charge is 2.26. The number of rotatable bonds is 5. The zero-order valence-electron chi connectivity index (χ0n) is 16.1. The lowest BCUT2D eigenvalue weighted by Crippen LogP contribution is -2.44. The van der Waals surface area contributed by atoms with Crippen molar-refractivity contribution >= 4 is 39.2 Å². The van der Waals surface area contributed by atoms with Gasteiger partial charge in [0.1, 0.15) is 10.5 Å². The third-order valence-corrected chi connectivity index (χ3v) is 7.10. The third-order valence-electron chi connectivity index (χ3n) is 5.29. The molecule has 0 unspecified atom stereocenters. The predicted molar refractivity (Wildman–Crippen MR) is 116 cm³/mol. The minimum Gasteiger partial charge on any atom is -0.339 e. The molecule has 1 fully saturated rings. The van der Waals surface area contributed by atoms with Crippen LogP contribution in [-0.2, 0) is 4.79 Å². The molecule has 0 saturated carbocycles. The molecule has 3 aromatic rings. The van der Waals surface area contributed by atoms with E-state index in [0.717, 1.165) is 32.2 Å². The minimum absolute atomic E-state index is 0.0429. The van der Waals surface area contributed by atoms with Crippen LogP contribution in [-0.4, -0.2) is 38.7 Å². The lowest BCUT2D eigenvalue weighted by Gasteiger charge is -2.35. The number of para-hydroxylation sites is 1. The smallest absolute Gasteiger partial charge is 0.276 e. The third kappa shape index (κ3) is 3.96. The highest BCUT2D eigenvalue weighted by Crippen LogP contribution is 2.26. The van der Waals surface area contributed by atoms with Gasteiger partial charge in [-0.05, 0) is 49.3 Å². The number of hydrogen-bond acceptors (Lipinski definition) is 5. The first-order valence-electron chi connectivity index (χ1n) is 9.77. The quantitative estimate of drug-likeness (QED) is 0.442. The number of benzene rings is 1. The van der Waals surface area contributed by atoms with Gasteiger partial charge in [0.25, 0.3) is 5.56 Å². The van der Waals surface area contributed by atoms with E-state index >= 15 is 0 Å². The van der Waals surface area contributed by atoms with Crippen molar-refractivity contribution in [3.05, 3.63) is 51.9 Å². The van der Waals surface area contributed by atoms with Gasteiger partial charge in [0.2, 0.25) is 5.91 Å². The number of carbonyl (C=O) groups excluding carboxylic acids is 1. The maximum absolute atomic E-state index is 14.5. The number of thiophene rings is 1. The zero-order valence-corrected chi connectivity index (χ0v) is 17.8. The summed E-state index contributed by atoms with van der Waals surface area (Å²) >= 11 is 2.48. The molecule has 3 heterocycles. The molecule has 1 aliphatic rings. The monoisotopic (exact) mass is 431 g/mol. The van der Waals surface area contributed by atoms with E-state index in [1.54, 1.807) is 29.6 Å². The van der Waals surface area contributed by atoms with Gasteiger partial charge in [-0.3, -0.25) is 14.2 Å². The number of aromatic nitrogens is 2. The SMILES string of the molecule is CC[C@@H]1CCCCN1C(=O)CSc1nc2ccsc2c(=O)n1-c1ccccc1F. The van der Waals surface area contributed by atoms with Crippen LogP contribution in [0.5, 0.6) is 0 Å². The van der Waals surface area contributed by atoms with E-state index in [4.69, 9.17) is 0 Å². The second-order valence-electron chi connectivity index (χ2n) is 7.05. The summed E-state index contributed by atoms with van der Waals surface area (Å²) in [5, 5.41) is 2.13. The van der Waals surface area contributed by atoms with Crippen molar-refractivity contribution in [3.8, 4) is 5.69 Å². The van der Waals surface area contributed by atoms with Crippen LogP contribution >= 0.6 is 23.1 Å². The predicted octanol–water partition coefficient (Wildman–Crippen LogP) is 4.47. The van der Waals surface area contributed by atoms with Crippen LogP contribution in [0.1, 0.15) is 32.6 Å². The van der Waals surface area contributed by atoms with Crippen LogP contribution in [0, 0.1) is 5.82 Å². The van der Waals surface area contributed by atoms with Crippen molar-refractivity contribution in [2.75, 3.05) is 12.3 Å². The lowest BCUT2D eigenvalue weighted by atomic mass is 10.0. The van der Waals surface area contributed by atoms with Gasteiger partial charge >= 0.3 is 0 Å². The van der Waals surface area contributed by atoms with Gasteiger partial charge < -0.3 is 4.90 Å². The number of halogens is 1. The molecule has 2 aromatic heterocycles. The van der Waals surface area contributed by atoms with E-state index in [1.807, 2.05) is 4.90 Å². The Morgan fingerprint density at radius 2 is 2.14 bits per heavy atom. The van der Waals surface area contributed by atoms with Crippen LogP contribution in [0.2, 0.25) is 0 Å². The van der Waals surface area contributed by atoms with Gasteiger partial charge in [-0.25, -0.2) is 9.37 Å². The summed E-state index contributed by atoms with van der Waals surface area (Å²) in [7, 11) is 0. The van der Waals surface area contributed by atoms with Crippen molar-refractivity contribution in [1.29, 1.82) is 0 Å². The minimum atomic E-state index is -0.498. The Bertz CT molecular complexity index is 1090. The lowest BCUT2D eigenvalue weighted by molar-refractivity contribution is -0.132. The Morgan fingerprint density at radius 1 is 1.31 bits per heavy atom. The first-order chi connectivity index (χ1) is 14.1. The summed E-state index contributed by atoms with van der Waals surface area (Å²) in [6.07, 6.45) is 4.14. The summed E-state index contributed by atoms with van der Waals surface area (Å²) in [5.74, 6) is -0.281. The largest absolute Gasteiger partial charge is 0.339 e. The molecule has 0 aliphatic carbocycles. The van der Waals surface area contributed by atoms with Crippen molar-refractivity contribution in [2.24, 2.45) is 0 Å². The molecule has 1 aromatic carbocycles. The van der Waals surface area contributed by atoms with Crippen molar-refractivity contribution in [3.63, 3.8) is 0 Å². The van der Waals surface area contributed by atoms with Crippen LogP contribution in [0.15, 0.2) is 45.7 Å². The summed E-state index contributed by atoms with van der Waals surface area (Å²) in [6.45, 7) is 2.88. The van der Waals surface area contributed by atoms with Crippen LogP contribution in [0.25, 0.3) is 15.9 Å². The molecular weight excluding hydrogens is 409 g/mol. The van der Waals surface area contributed by atoms with Crippen LogP contribution in [0.4, 0.5) is 4.39 Å². The number of nitrogens with zero attached hydrogens (tertiary/aromatic N) is 3. The van der Waals surface area contributed by atoms with E-state index in [9.17, 15) is 14.0 Å².